The highest BCUT2D eigenvalue weighted by molar-refractivity contribution is 7.97. The van der Waals surface area contributed by atoms with Crippen LogP contribution in [0.25, 0.3) is 11.1 Å². The summed E-state index contributed by atoms with van der Waals surface area (Å²) in [5.41, 5.74) is -1.72. The van der Waals surface area contributed by atoms with Crippen LogP contribution in [0.15, 0.2) is 12.1 Å². The quantitative estimate of drug-likeness (QED) is 0.469. The third kappa shape index (κ3) is 3.15. The number of thioether (sulfide) groups is 1. The van der Waals surface area contributed by atoms with Gasteiger partial charge in [0.15, 0.2) is 23.3 Å². The third-order valence-corrected chi connectivity index (χ3v) is 4.04. The van der Waals surface area contributed by atoms with Gasteiger partial charge in [-0.05, 0) is 18.4 Å². The maximum atomic E-state index is 14.1. The number of carboxylic acids is 1. The van der Waals surface area contributed by atoms with Crippen molar-refractivity contribution in [2.75, 3.05) is 13.4 Å². The minimum absolute atomic E-state index is 0.0731. The number of ether oxygens (including phenoxy) is 1. The molecule has 3 nitrogen and oxygen atoms in total. The number of aromatic carboxylic acids is 1. The van der Waals surface area contributed by atoms with E-state index in [0.29, 0.717) is 0 Å². The summed E-state index contributed by atoms with van der Waals surface area (Å²) >= 11 is 1.20. The van der Waals surface area contributed by atoms with Crippen LogP contribution in [0.2, 0.25) is 0 Å². The van der Waals surface area contributed by atoms with Crippen LogP contribution >= 0.6 is 11.8 Å². The van der Waals surface area contributed by atoms with Crippen molar-refractivity contribution in [1.82, 2.24) is 0 Å². The molecule has 0 bridgehead atoms. The fourth-order valence-corrected chi connectivity index (χ4v) is 2.96. The van der Waals surface area contributed by atoms with Gasteiger partial charge in [0.2, 0.25) is 5.82 Å². The van der Waals surface area contributed by atoms with Crippen LogP contribution < -0.4 is 4.74 Å². The average molecular weight is 378 g/mol. The molecule has 2 aromatic rings. The lowest BCUT2D eigenvalue weighted by molar-refractivity contribution is 0.0695. The SMILES string of the molecule is COc1c(-c2c(F)c(F)c(F)c(F)c2F)ccc(C(=O)O)c1CSC. The van der Waals surface area contributed by atoms with Gasteiger partial charge >= 0.3 is 5.97 Å². The molecule has 0 fully saturated rings. The first-order chi connectivity index (χ1) is 11.8. The minimum atomic E-state index is -2.27. The Balaban J connectivity index is 2.90. The van der Waals surface area contributed by atoms with Crippen molar-refractivity contribution in [1.29, 1.82) is 0 Å². The molecule has 0 aliphatic heterocycles. The van der Waals surface area contributed by atoms with Crippen LogP contribution in [0, 0.1) is 29.1 Å². The van der Waals surface area contributed by atoms with E-state index in [-0.39, 0.29) is 22.6 Å². The minimum Gasteiger partial charge on any atom is -0.496 e. The highest BCUT2D eigenvalue weighted by atomic mass is 32.2. The van der Waals surface area contributed by atoms with Gasteiger partial charge in [0.1, 0.15) is 5.75 Å². The molecule has 2 rings (SSSR count). The van der Waals surface area contributed by atoms with Crippen LogP contribution in [0.3, 0.4) is 0 Å². The molecule has 0 aliphatic carbocycles. The molecule has 25 heavy (non-hydrogen) atoms. The van der Waals surface area contributed by atoms with E-state index in [2.05, 4.69) is 0 Å². The van der Waals surface area contributed by atoms with E-state index in [4.69, 9.17) is 4.74 Å². The third-order valence-electron chi connectivity index (χ3n) is 3.46. The van der Waals surface area contributed by atoms with E-state index in [9.17, 15) is 31.9 Å². The van der Waals surface area contributed by atoms with Crippen molar-refractivity contribution >= 4 is 17.7 Å². The molecule has 1 N–H and O–H groups in total. The molecule has 0 unspecified atom stereocenters. The molecule has 0 spiro atoms. The summed E-state index contributed by atoms with van der Waals surface area (Å²) < 4.78 is 73.4. The Bertz CT molecular complexity index is 825. The Hall–Kier alpha value is -2.29. The molecule has 0 atom stereocenters. The van der Waals surface area contributed by atoms with Gasteiger partial charge in [0.05, 0.1) is 18.2 Å². The van der Waals surface area contributed by atoms with Crippen molar-refractivity contribution in [3.05, 3.63) is 52.3 Å². The summed E-state index contributed by atoms with van der Waals surface area (Å²) in [6.45, 7) is 0. The van der Waals surface area contributed by atoms with E-state index in [1.54, 1.807) is 6.26 Å². The molecular formula is C16H11F5O3S. The summed E-state index contributed by atoms with van der Waals surface area (Å²) in [5.74, 6) is -12.0. The van der Waals surface area contributed by atoms with Crippen LogP contribution in [0.5, 0.6) is 5.75 Å². The number of rotatable bonds is 5. The molecule has 0 aromatic heterocycles. The Morgan fingerprint density at radius 2 is 1.56 bits per heavy atom. The topological polar surface area (TPSA) is 46.5 Å². The van der Waals surface area contributed by atoms with Crippen LogP contribution in [0.4, 0.5) is 22.0 Å². The molecular weight excluding hydrogens is 367 g/mol. The Morgan fingerprint density at radius 3 is 2.00 bits per heavy atom. The second-order valence-corrected chi connectivity index (χ2v) is 5.72. The molecule has 0 heterocycles. The van der Waals surface area contributed by atoms with Gasteiger partial charge in [-0.3, -0.25) is 0 Å². The summed E-state index contributed by atoms with van der Waals surface area (Å²) in [7, 11) is 1.11. The first kappa shape index (κ1) is 19.0. The van der Waals surface area contributed by atoms with Gasteiger partial charge in [-0.2, -0.15) is 11.8 Å². The van der Waals surface area contributed by atoms with Crippen molar-refractivity contribution in [2.24, 2.45) is 0 Å². The summed E-state index contributed by atoms with van der Waals surface area (Å²) in [5, 5.41) is 9.22. The second-order valence-electron chi connectivity index (χ2n) is 4.86. The highest BCUT2D eigenvalue weighted by Crippen LogP contribution is 2.40. The van der Waals surface area contributed by atoms with E-state index in [1.165, 1.54) is 11.8 Å². The average Bonchev–Trinajstić information content (AvgIpc) is 2.58. The van der Waals surface area contributed by atoms with E-state index in [0.717, 1.165) is 19.2 Å². The molecule has 0 radical (unpaired) electrons. The molecule has 0 aliphatic rings. The van der Waals surface area contributed by atoms with Crippen LogP contribution in [-0.4, -0.2) is 24.4 Å². The van der Waals surface area contributed by atoms with Gasteiger partial charge in [0.25, 0.3) is 0 Å². The highest BCUT2D eigenvalue weighted by Gasteiger charge is 2.30. The van der Waals surface area contributed by atoms with Gasteiger partial charge in [0, 0.05) is 16.9 Å². The molecule has 134 valence electrons. The summed E-state index contributed by atoms with van der Waals surface area (Å²) in [4.78, 5) is 11.3. The number of halogens is 5. The van der Waals surface area contributed by atoms with Crippen LogP contribution in [-0.2, 0) is 5.75 Å². The maximum absolute atomic E-state index is 14.1. The summed E-state index contributed by atoms with van der Waals surface area (Å²) in [6, 6.07) is 1.98. The Kier molecular flexibility index (Phi) is 5.56. The van der Waals surface area contributed by atoms with Gasteiger partial charge in [-0.25, -0.2) is 26.7 Å². The Morgan fingerprint density at radius 1 is 1.04 bits per heavy atom. The number of methoxy groups -OCH3 is 1. The standard InChI is InChI=1S/C16H11F5O3S/c1-24-15-7(4-3-6(16(22)23)8(15)5-25-2)9-10(17)12(19)14(21)13(20)11(9)18/h3-4H,5H2,1-2H3,(H,22,23). The number of benzene rings is 2. The fourth-order valence-electron chi connectivity index (χ4n) is 2.39. The molecule has 9 heteroatoms. The lowest BCUT2D eigenvalue weighted by atomic mass is 9.96. The van der Waals surface area contributed by atoms with E-state index in [1.807, 2.05) is 0 Å². The molecule has 2 aromatic carbocycles. The molecule has 0 saturated heterocycles. The zero-order valence-corrected chi connectivity index (χ0v) is 13.7. The monoisotopic (exact) mass is 378 g/mol. The predicted octanol–water partition coefficient (Wildman–Crippen LogP) is 4.62. The predicted molar refractivity (Wildman–Crippen MR) is 82.4 cm³/mol. The van der Waals surface area contributed by atoms with E-state index < -0.39 is 46.2 Å². The first-order valence-electron chi connectivity index (χ1n) is 6.70. The maximum Gasteiger partial charge on any atom is 0.336 e. The zero-order valence-electron chi connectivity index (χ0n) is 12.9. The number of hydrogen-bond donors (Lipinski definition) is 1. The van der Waals surface area contributed by atoms with Crippen molar-refractivity contribution in [3.63, 3.8) is 0 Å². The van der Waals surface area contributed by atoms with Crippen molar-refractivity contribution in [2.45, 2.75) is 5.75 Å². The molecule has 0 saturated carbocycles. The van der Waals surface area contributed by atoms with Gasteiger partial charge < -0.3 is 9.84 Å². The lowest BCUT2D eigenvalue weighted by Crippen LogP contribution is -2.08. The number of carboxylic acid groups (broad SMARTS) is 1. The van der Waals surface area contributed by atoms with Crippen molar-refractivity contribution in [3.8, 4) is 16.9 Å². The normalized spacial score (nSPS) is 10.8. The second kappa shape index (κ2) is 7.30. The van der Waals surface area contributed by atoms with Crippen LogP contribution in [0.1, 0.15) is 15.9 Å². The first-order valence-corrected chi connectivity index (χ1v) is 8.09. The fraction of sp³-hybridized carbons (Fsp3) is 0.188. The van der Waals surface area contributed by atoms with Crippen molar-refractivity contribution < 1.29 is 36.6 Å². The largest absolute Gasteiger partial charge is 0.496 e. The smallest absolute Gasteiger partial charge is 0.336 e. The number of hydrogen-bond acceptors (Lipinski definition) is 3. The lowest BCUT2D eigenvalue weighted by Gasteiger charge is -2.17. The zero-order chi connectivity index (χ0) is 18.9. The van der Waals surface area contributed by atoms with Gasteiger partial charge in [-0.1, -0.05) is 0 Å². The molecule has 0 amide bonds. The van der Waals surface area contributed by atoms with Gasteiger partial charge in [-0.15, -0.1) is 0 Å². The van der Waals surface area contributed by atoms with E-state index >= 15 is 0 Å². The summed E-state index contributed by atoms with van der Waals surface area (Å²) in [6.07, 6.45) is 1.65. The number of carbonyl (C=O) groups is 1. The Labute approximate surface area is 143 Å².